The lowest BCUT2D eigenvalue weighted by Gasteiger charge is -2.30. The van der Waals surface area contributed by atoms with Crippen LogP contribution in [0.3, 0.4) is 0 Å². The Morgan fingerprint density at radius 2 is 2.33 bits per heavy atom. The van der Waals surface area contributed by atoms with E-state index in [9.17, 15) is 9.50 Å². The van der Waals surface area contributed by atoms with Gasteiger partial charge < -0.3 is 14.6 Å². The highest BCUT2D eigenvalue weighted by atomic mass is 19.1. The summed E-state index contributed by atoms with van der Waals surface area (Å²) in [4.78, 5) is 2.11. The van der Waals surface area contributed by atoms with Crippen LogP contribution in [0.1, 0.15) is 5.56 Å². The molecule has 0 aliphatic carbocycles. The molecule has 6 nitrogen and oxygen atoms in total. The summed E-state index contributed by atoms with van der Waals surface area (Å²) in [6.45, 7) is 2.59. The van der Waals surface area contributed by atoms with Crippen LogP contribution in [0.25, 0.3) is 0 Å². The molecular weight excluding hydrogens is 313 g/mol. The number of ether oxygens (including phenoxy) is 2. The summed E-state index contributed by atoms with van der Waals surface area (Å²) < 4.78 is 26.1. The van der Waals surface area contributed by atoms with Gasteiger partial charge in [0.2, 0.25) is 0 Å². The molecule has 1 atom stereocenters. The third-order valence-corrected chi connectivity index (χ3v) is 3.91. The topological polar surface area (TPSA) is 59.8 Å². The van der Waals surface area contributed by atoms with E-state index >= 15 is 0 Å². The summed E-state index contributed by atoms with van der Waals surface area (Å²) in [7, 11) is 1.87. The Bertz CT molecular complexity index is 679. The van der Waals surface area contributed by atoms with Gasteiger partial charge in [-0.1, -0.05) is 6.07 Å². The molecular formula is C17H22FN3O3. The van der Waals surface area contributed by atoms with E-state index in [1.807, 2.05) is 19.4 Å². The van der Waals surface area contributed by atoms with E-state index in [1.165, 1.54) is 12.1 Å². The van der Waals surface area contributed by atoms with Crippen molar-refractivity contribution >= 4 is 0 Å². The number of aliphatic hydroxyl groups is 1. The van der Waals surface area contributed by atoms with Gasteiger partial charge in [0.05, 0.1) is 19.4 Å². The van der Waals surface area contributed by atoms with Crippen LogP contribution in [0.5, 0.6) is 5.75 Å². The lowest BCUT2D eigenvalue weighted by Crippen LogP contribution is -2.48. The first kappa shape index (κ1) is 16.9. The zero-order valence-electron chi connectivity index (χ0n) is 13.7. The summed E-state index contributed by atoms with van der Waals surface area (Å²) in [6, 6.07) is 5.89. The van der Waals surface area contributed by atoms with Crippen molar-refractivity contribution in [2.75, 3.05) is 32.9 Å². The number of hydrogen-bond acceptors (Lipinski definition) is 5. The minimum atomic E-state index is -1.15. The lowest BCUT2D eigenvalue weighted by atomic mass is 10.1. The maximum Gasteiger partial charge on any atom is 0.134 e. The van der Waals surface area contributed by atoms with Crippen molar-refractivity contribution in [2.24, 2.45) is 7.05 Å². The number of aryl methyl sites for hydroxylation is 1. The molecule has 1 N–H and O–H groups in total. The standard InChI is InChI=1S/C17H22FN3O3/c1-20-9-14(8-19-20)10-21-5-6-23-12-17(22,11-21)13-24-16-4-2-3-15(18)7-16/h2-4,7-9,22H,5-6,10-13H2,1H3/t17-/m0/s1. The Hall–Kier alpha value is -1.96. The van der Waals surface area contributed by atoms with E-state index < -0.39 is 5.60 Å². The Balaban J connectivity index is 1.62. The van der Waals surface area contributed by atoms with Gasteiger partial charge in [0.15, 0.2) is 0 Å². The summed E-state index contributed by atoms with van der Waals surface area (Å²) >= 11 is 0. The molecule has 0 bridgehead atoms. The Kier molecular flexibility index (Phi) is 5.13. The van der Waals surface area contributed by atoms with Crippen molar-refractivity contribution in [3.05, 3.63) is 48.0 Å². The van der Waals surface area contributed by atoms with Crippen molar-refractivity contribution in [1.82, 2.24) is 14.7 Å². The van der Waals surface area contributed by atoms with Gasteiger partial charge in [0, 0.05) is 44.5 Å². The zero-order valence-corrected chi connectivity index (χ0v) is 13.7. The molecule has 2 heterocycles. The summed E-state index contributed by atoms with van der Waals surface area (Å²) in [5, 5.41) is 15.0. The van der Waals surface area contributed by atoms with Gasteiger partial charge in [-0.25, -0.2) is 4.39 Å². The van der Waals surface area contributed by atoms with Crippen LogP contribution in [0, 0.1) is 5.82 Å². The van der Waals surface area contributed by atoms with Gasteiger partial charge in [0.25, 0.3) is 0 Å². The molecule has 2 aromatic rings. The number of hydrogen-bond donors (Lipinski definition) is 1. The fourth-order valence-corrected chi connectivity index (χ4v) is 2.81. The van der Waals surface area contributed by atoms with E-state index in [1.54, 1.807) is 16.8 Å². The first-order chi connectivity index (χ1) is 11.5. The average molecular weight is 335 g/mol. The molecule has 0 unspecified atom stereocenters. The smallest absolute Gasteiger partial charge is 0.134 e. The zero-order chi connectivity index (χ0) is 17.0. The third kappa shape index (κ3) is 4.53. The molecule has 1 aromatic heterocycles. The van der Waals surface area contributed by atoms with Crippen LogP contribution in [-0.4, -0.2) is 58.3 Å². The Morgan fingerprint density at radius 3 is 3.08 bits per heavy atom. The molecule has 1 aliphatic rings. The molecule has 1 aromatic carbocycles. The molecule has 1 saturated heterocycles. The van der Waals surface area contributed by atoms with Crippen molar-refractivity contribution < 1.29 is 19.0 Å². The van der Waals surface area contributed by atoms with E-state index in [2.05, 4.69) is 10.00 Å². The minimum absolute atomic E-state index is 0.0417. The third-order valence-electron chi connectivity index (χ3n) is 3.91. The lowest BCUT2D eigenvalue weighted by molar-refractivity contribution is -0.0647. The van der Waals surface area contributed by atoms with Crippen LogP contribution in [0.15, 0.2) is 36.7 Å². The Labute approximate surface area is 140 Å². The first-order valence-corrected chi connectivity index (χ1v) is 7.91. The summed E-state index contributed by atoms with van der Waals surface area (Å²) in [6.07, 6.45) is 3.77. The molecule has 3 rings (SSSR count). The highest BCUT2D eigenvalue weighted by molar-refractivity contribution is 5.22. The second kappa shape index (κ2) is 7.29. The maximum atomic E-state index is 13.2. The summed E-state index contributed by atoms with van der Waals surface area (Å²) in [5.74, 6) is 0.0290. The van der Waals surface area contributed by atoms with Gasteiger partial charge >= 0.3 is 0 Å². The van der Waals surface area contributed by atoms with Crippen LogP contribution in [-0.2, 0) is 18.3 Å². The quantitative estimate of drug-likeness (QED) is 0.890. The number of aromatic nitrogens is 2. The number of halogens is 1. The molecule has 0 radical (unpaired) electrons. The molecule has 1 aliphatic heterocycles. The predicted octanol–water partition coefficient (Wildman–Crippen LogP) is 1.20. The molecule has 130 valence electrons. The number of benzene rings is 1. The van der Waals surface area contributed by atoms with E-state index in [0.29, 0.717) is 25.4 Å². The second-order valence-electron chi connectivity index (χ2n) is 6.26. The maximum absolute atomic E-state index is 13.2. The SMILES string of the molecule is Cn1cc(CN2CCOC[C@](O)(COc3cccc(F)c3)C2)cn1. The largest absolute Gasteiger partial charge is 0.490 e. The summed E-state index contributed by atoms with van der Waals surface area (Å²) in [5.41, 5.74) is -0.0711. The molecule has 0 saturated carbocycles. The van der Waals surface area contributed by atoms with E-state index in [4.69, 9.17) is 9.47 Å². The van der Waals surface area contributed by atoms with E-state index in [-0.39, 0.29) is 19.0 Å². The van der Waals surface area contributed by atoms with Crippen LogP contribution >= 0.6 is 0 Å². The molecule has 24 heavy (non-hydrogen) atoms. The van der Waals surface area contributed by atoms with Gasteiger partial charge in [-0.2, -0.15) is 5.10 Å². The van der Waals surface area contributed by atoms with Gasteiger partial charge in [-0.3, -0.25) is 9.58 Å². The van der Waals surface area contributed by atoms with Crippen LogP contribution in [0.2, 0.25) is 0 Å². The second-order valence-corrected chi connectivity index (χ2v) is 6.26. The highest BCUT2D eigenvalue weighted by Gasteiger charge is 2.33. The van der Waals surface area contributed by atoms with Gasteiger partial charge in [0.1, 0.15) is 23.8 Å². The number of β-amino-alcohol motifs (C(OH)–C–C–N with tert-alkyl or cyclic N) is 1. The normalized spacial score (nSPS) is 22.3. The van der Waals surface area contributed by atoms with E-state index in [0.717, 1.165) is 12.1 Å². The fraction of sp³-hybridized carbons (Fsp3) is 0.471. The number of rotatable bonds is 5. The van der Waals surface area contributed by atoms with Crippen molar-refractivity contribution in [3.63, 3.8) is 0 Å². The molecule has 0 spiro atoms. The highest BCUT2D eigenvalue weighted by Crippen LogP contribution is 2.18. The first-order valence-electron chi connectivity index (χ1n) is 7.91. The molecule has 7 heteroatoms. The van der Waals surface area contributed by atoms with Crippen LogP contribution in [0.4, 0.5) is 4.39 Å². The monoisotopic (exact) mass is 335 g/mol. The Morgan fingerprint density at radius 1 is 1.46 bits per heavy atom. The van der Waals surface area contributed by atoms with Gasteiger partial charge in [-0.05, 0) is 12.1 Å². The minimum Gasteiger partial charge on any atom is -0.490 e. The molecule has 1 fully saturated rings. The molecule has 0 amide bonds. The number of nitrogens with zero attached hydrogens (tertiary/aromatic N) is 3. The average Bonchev–Trinajstić information content (AvgIpc) is 2.85. The van der Waals surface area contributed by atoms with Gasteiger partial charge in [-0.15, -0.1) is 0 Å². The van der Waals surface area contributed by atoms with Crippen molar-refractivity contribution in [2.45, 2.75) is 12.1 Å². The van der Waals surface area contributed by atoms with Crippen molar-refractivity contribution in [3.8, 4) is 5.75 Å². The van der Waals surface area contributed by atoms with Crippen molar-refractivity contribution in [1.29, 1.82) is 0 Å². The predicted molar refractivity (Wildman–Crippen MR) is 86.1 cm³/mol. The fourth-order valence-electron chi connectivity index (χ4n) is 2.81. The van der Waals surface area contributed by atoms with Crippen LogP contribution < -0.4 is 4.74 Å².